The molecule has 2 aromatic carbocycles. The predicted octanol–water partition coefficient (Wildman–Crippen LogP) is 6.08. The summed E-state index contributed by atoms with van der Waals surface area (Å²) in [5.74, 6) is 0.585. The number of aryl methyl sites for hydroxylation is 1. The van der Waals surface area contributed by atoms with Crippen molar-refractivity contribution in [1.82, 2.24) is 14.5 Å². The molecule has 0 amide bonds. The number of aromatic nitrogens is 2. The van der Waals surface area contributed by atoms with Crippen molar-refractivity contribution in [2.75, 3.05) is 13.7 Å². The minimum atomic E-state index is -0.211. The number of hydrogen-bond acceptors (Lipinski definition) is 3. The van der Waals surface area contributed by atoms with E-state index in [2.05, 4.69) is 41.6 Å². The Morgan fingerprint density at radius 1 is 1.19 bits per heavy atom. The molecule has 0 bridgehead atoms. The van der Waals surface area contributed by atoms with E-state index in [9.17, 15) is 4.39 Å². The lowest BCUT2D eigenvalue weighted by atomic mass is 9.95. The highest BCUT2D eigenvalue weighted by molar-refractivity contribution is 5.63. The first-order valence-corrected chi connectivity index (χ1v) is 10.6. The Balaban J connectivity index is 1.59. The Hall–Kier alpha value is -3.34. The molecule has 1 aliphatic rings. The zero-order valence-corrected chi connectivity index (χ0v) is 18.3. The number of imidazole rings is 1. The van der Waals surface area contributed by atoms with E-state index >= 15 is 0 Å². The lowest BCUT2D eigenvalue weighted by Gasteiger charge is -2.38. The second kappa shape index (κ2) is 8.80. The Labute approximate surface area is 183 Å². The van der Waals surface area contributed by atoms with Crippen LogP contribution in [-0.4, -0.2) is 28.1 Å². The number of hydrogen-bond donors (Lipinski definition) is 0. The third-order valence-corrected chi connectivity index (χ3v) is 5.92. The number of nitrogens with zero attached hydrogens (tertiary/aromatic N) is 3. The molecule has 3 aromatic rings. The van der Waals surface area contributed by atoms with Crippen LogP contribution in [0.15, 0.2) is 72.8 Å². The molecule has 0 aliphatic carbocycles. The van der Waals surface area contributed by atoms with Crippen LogP contribution in [0.5, 0.6) is 5.75 Å². The van der Waals surface area contributed by atoms with Crippen molar-refractivity contribution in [3.05, 3.63) is 95.5 Å². The smallest absolute Gasteiger partial charge is 0.143 e. The summed E-state index contributed by atoms with van der Waals surface area (Å²) in [4.78, 5) is 6.61. The van der Waals surface area contributed by atoms with Gasteiger partial charge in [0.1, 0.15) is 11.6 Å². The molecule has 0 N–H and O–H groups in total. The predicted molar refractivity (Wildman–Crippen MR) is 123 cm³/mol. The van der Waals surface area contributed by atoms with Crippen LogP contribution in [0, 0.1) is 12.7 Å². The standard InChI is InChI=1S/C26H28FN3O/c1-18-16-29(17-28-18)25-12-7-21(15-26(25)31-4)14-23-6-5-13-30(20(23)3)19(2)22-8-10-24(27)11-9-22/h7-12,14-17,19H,3,5-6,13H2,1-2,4H3/b23-14+/t19-/m0/s1. The number of piperidine rings is 1. The van der Waals surface area contributed by atoms with Crippen LogP contribution < -0.4 is 4.74 Å². The molecule has 1 atom stereocenters. The number of rotatable bonds is 5. The minimum absolute atomic E-state index is 0.137. The monoisotopic (exact) mass is 417 g/mol. The van der Waals surface area contributed by atoms with E-state index in [1.165, 1.54) is 17.7 Å². The van der Waals surface area contributed by atoms with Gasteiger partial charge < -0.3 is 14.2 Å². The highest BCUT2D eigenvalue weighted by atomic mass is 19.1. The summed E-state index contributed by atoms with van der Waals surface area (Å²) < 4.78 is 20.9. The average Bonchev–Trinajstić information content (AvgIpc) is 3.21. The van der Waals surface area contributed by atoms with Gasteiger partial charge in [0.05, 0.1) is 30.9 Å². The summed E-state index contributed by atoms with van der Waals surface area (Å²) >= 11 is 0. The van der Waals surface area contributed by atoms with Gasteiger partial charge in [-0.05, 0) is 73.7 Å². The molecule has 31 heavy (non-hydrogen) atoms. The summed E-state index contributed by atoms with van der Waals surface area (Å²) in [7, 11) is 1.69. The van der Waals surface area contributed by atoms with Crippen LogP contribution >= 0.6 is 0 Å². The van der Waals surface area contributed by atoms with E-state index in [1.54, 1.807) is 13.4 Å². The molecule has 1 aromatic heterocycles. The Kier molecular flexibility index (Phi) is 5.94. The molecule has 2 heterocycles. The molecule has 4 nitrogen and oxygen atoms in total. The molecule has 1 fully saturated rings. The zero-order valence-electron chi connectivity index (χ0n) is 18.3. The van der Waals surface area contributed by atoms with E-state index in [-0.39, 0.29) is 11.9 Å². The molecule has 0 saturated carbocycles. The fourth-order valence-electron chi connectivity index (χ4n) is 4.16. The second-order valence-corrected chi connectivity index (χ2v) is 7.99. The second-order valence-electron chi connectivity index (χ2n) is 7.99. The maximum absolute atomic E-state index is 13.3. The van der Waals surface area contributed by atoms with Gasteiger partial charge in [-0.2, -0.15) is 0 Å². The Morgan fingerprint density at radius 2 is 1.97 bits per heavy atom. The number of methoxy groups -OCH3 is 1. The summed E-state index contributed by atoms with van der Waals surface area (Å²) in [5, 5.41) is 0. The molecular weight excluding hydrogens is 389 g/mol. The van der Waals surface area contributed by atoms with Crippen LogP contribution in [0.1, 0.15) is 42.6 Å². The minimum Gasteiger partial charge on any atom is -0.495 e. The maximum atomic E-state index is 13.3. The molecule has 5 heteroatoms. The molecule has 1 aliphatic heterocycles. The molecule has 4 rings (SSSR count). The van der Waals surface area contributed by atoms with Crippen LogP contribution in [0.4, 0.5) is 4.39 Å². The van der Waals surface area contributed by atoms with Gasteiger partial charge in [-0.25, -0.2) is 9.37 Å². The van der Waals surface area contributed by atoms with Gasteiger partial charge in [0.25, 0.3) is 0 Å². The number of benzene rings is 2. The van der Waals surface area contributed by atoms with E-state index in [0.717, 1.165) is 53.3 Å². The van der Waals surface area contributed by atoms with Crippen molar-refractivity contribution in [2.45, 2.75) is 32.7 Å². The van der Waals surface area contributed by atoms with Crippen molar-refractivity contribution in [3.8, 4) is 11.4 Å². The third-order valence-electron chi connectivity index (χ3n) is 5.92. The van der Waals surface area contributed by atoms with E-state index in [1.807, 2.05) is 35.9 Å². The van der Waals surface area contributed by atoms with E-state index < -0.39 is 0 Å². The van der Waals surface area contributed by atoms with Gasteiger partial charge in [0, 0.05) is 18.4 Å². The summed E-state index contributed by atoms with van der Waals surface area (Å²) in [6.07, 6.45) is 8.00. The Morgan fingerprint density at radius 3 is 2.65 bits per heavy atom. The largest absolute Gasteiger partial charge is 0.495 e. The number of halogens is 1. The SMILES string of the molecule is C=C1/C(=C/c2ccc(-n3cnc(C)c3)c(OC)c2)CCCN1[C@@H](C)c1ccc(F)cc1. The van der Waals surface area contributed by atoms with Crippen molar-refractivity contribution in [3.63, 3.8) is 0 Å². The molecule has 0 unspecified atom stereocenters. The van der Waals surface area contributed by atoms with Gasteiger partial charge in [-0.3, -0.25) is 0 Å². The normalized spacial score (nSPS) is 16.6. The van der Waals surface area contributed by atoms with Gasteiger partial charge in [-0.1, -0.05) is 24.8 Å². The maximum Gasteiger partial charge on any atom is 0.143 e. The van der Waals surface area contributed by atoms with Crippen molar-refractivity contribution >= 4 is 6.08 Å². The molecular formula is C26H28FN3O. The van der Waals surface area contributed by atoms with Gasteiger partial charge in [-0.15, -0.1) is 0 Å². The first kappa shape index (κ1) is 20.9. The third kappa shape index (κ3) is 4.41. The first-order valence-electron chi connectivity index (χ1n) is 10.6. The van der Waals surface area contributed by atoms with Gasteiger partial charge in [0.2, 0.25) is 0 Å². The highest BCUT2D eigenvalue weighted by Gasteiger charge is 2.23. The number of allylic oxidation sites excluding steroid dienone is 1. The summed E-state index contributed by atoms with van der Waals surface area (Å²) in [6, 6.07) is 13.1. The van der Waals surface area contributed by atoms with E-state index in [0.29, 0.717) is 0 Å². The molecule has 0 spiro atoms. The number of likely N-dealkylation sites (tertiary alicyclic amines) is 1. The molecule has 160 valence electrons. The van der Waals surface area contributed by atoms with E-state index in [4.69, 9.17) is 4.74 Å². The van der Waals surface area contributed by atoms with Crippen LogP contribution in [-0.2, 0) is 0 Å². The fourth-order valence-corrected chi connectivity index (χ4v) is 4.16. The van der Waals surface area contributed by atoms with Crippen LogP contribution in [0.3, 0.4) is 0 Å². The fraction of sp³-hybridized carbons (Fsp3) is 0.269. The zero-order chi connectivity index (χ0) is 22.0. The highest BCUT2D eigenvalue weighted by Crippen LogP contribution is 2.35. The van der Waals surface area contributed by atoms with Crippen molar-refractivity contribution < 1.29 is 9.13 Å². The quantitative estimate of drug-likeness (QED) is 0.504. The lowest BCUT2D eigenvalue weighted by Crippen LogP contribution is -2.31. The van der Waals surface area contributed by atoms with Crippen molar-refractivity contribution in [2.24, 2.45) is 0 Å². The topological polar surface area (TPSA) is 30.3 Å². The van der Waals surface area contributed by atoms with Crippen LogP contribution in [0.25, 0.3) is 11.8 Å². The summed E-state index contributed by atoms with van der Waals surface area (Å²) in [6.45, 7) is 9.44. The Bertz CT molecular complexity index is 1110. The number of ether oxygens (including phenoxy) is 1. The first-order chi connectivity index (χ1) is 15.0. The summed E-state index contributed by atoms with van der Waals surface area (Å²) in [5.41, 5.74) is 6.32. The average molecular weight is 418 g/mol. The van der Waals surface area contributed by atoms with Gasteiger partial charge in [0.15, 0.2) is 0 Å². The lowest BCUT2D eigenvalue weighted by molar-refractivity contribution is 0.256. The molecule has 0 radical (unpaired) electrons. The molecule has 1 saturated heterocycles. The van der Waals surface area contributed by atoms with Crippen molar-refractivity contribution in [1.29, 1.82) is 0 Å². The van der Waals surface area contributed by atoms with Crippen LogP contribution in [0.2, 0.25) is 0 Å². The van der Waals surface area contributed by atoms with Gasteiger partial charge >= 0.3 is 0 Å².